The molecule has 4 aromatic carbocycles. The molecule has 4 rings (SSSR count). The molecule has 0 heterocycles. The lowest BCUT2D eigenvalue weighted by Gasteiger charge is -2.10. The predicted octanol–water partition coefficient (Wildman–Crippen LogP) is 5.65. The molecule has 52 heavy (non-hydrogen) atoms. The van der Waals surface area contributed by atoms with Crippen molar-refractivity contribution in [2.75, 3.05) is 0 Å². The number of sulfone groups is 1. The molecule has 8 N–H and O–H groups in total. The van der Waals surface area contributed by atoms with Crippen molar-refractivity contribution >= 4 is 88.6 Å². The van der Waals surface area contributed by atoms with Crippen LogP contribution >= 0.6 is 43.6 Å². The number of carbonyl (C=O) groups excluding carboxylic acids is 2. The monoisotopic (exact) mass is 876 g/mol. The number of aliphatic imine (C=N–C) groups is 2. The molecule has 0 aliphatic heterocycles. The van der Waals surface area contributed by atoms with Crippen LogP contribution in [-0.2, 0) is 22.7 Å². The third kappa shape index (κ3) is 10.4. The average molecular weight is 879 g/mol. The van der Waals surface area contributed by atoms with Crippen molar-refractivity contribution in [3.8, 4) is 0 Å². The van der Waals surface area contributed by atoms with Crippen molar-refractivity contribution in [2.24, 2.45) is 32.9 Å². The van der Waals surface area contributed by atoms with Crippen molar-refractivity contribution in [1.29, 1.82) is 0 Å². The maximum Gasteiger partial charge on any atom is 0.289 e. The lowest BCUT2D eigenvalue weighted by Crippen LogP contribution is -2.24. The number of guanidine groups is 2. The van der Waals surface area contributed by atoms with Crippen LogP contribution in [-0.4, -0.2) is 42.0 Å². The van der Waals surface area contributed by atoms with Gasteiger partial charge in [-0.1, -0.05) is 57.5 Å². The van der Waals surface area contributed by atoms with E-state index in [4.69, 9.17) is 22.9 Å². The zero-order valence-electron chi connectivity index (χ0n) is 27.3. The van der Waals surface area contributed by atoms with Crippen molar-refractivity contribution < 1.29 is 27.9 Å². The lowest BCUT2D eigenvalue weighted by atomic mass is 10.0. The quantitative estimate of drug-likeness (QED) is 0.0649. The highest BCUT2D eigenvalue weighted by molar-refractivity contribution is 9.10. The van der Waals surface area contributed by atoms with Crippen LogP contribution in [0, 0.1) is 20.2 Å². The third-order valence-electron chi connectivity index (χ3n) is 6.90. The Kier molecular flexibility index (Phi) is 14.2. The molecule has 0 atom stereocenters. The topological polar surface area (TPSA) is 283 Å². The van der Waals surface area contributed by atoms with Gasteiger partial charge in [0.2, 0.25) is 9.84 Å². The lowest BCUT2D eigenvalue weighted by molar-refractivity contribution is -0.388. The standard InChI is InChI=1S/C16H15BrN4O5S.C16H15BrN4O3S/c1-2-9-7-14(27(25,26)11-5-3-10(17)4-6-11)13(21(23)24)8-12(9)15(22)20-16(18)19;1-2-9-7-14(25-11-5-3-10(17)4-6-11)13(21(23)24)8-12(9)15(22)20-16(18)19/h3-8H,2H2,1H3,(H4,18,19,20,22);3-8H,2H2,1H3,(H4,18,19,20,22). The van der Waals surface area contributed by atoms with E-state index in [1.807, 2.05) is 31.2 Å². The Bertz CT molecular complexity index is 2210. The number of nitro benzene ring substituents is 2. The summed E-state index contributed by atoms with van der Waals surface area (Å²) >= 11 is 7.81. The number of aryl methyl sites for hydroxylation is 2. The fourth-order valence-electron chi connectivity index (χ4n) is 4.51. The number of nitrogens with zero attached hydrogens (tertiary/aromatic N) is 4. The highest BCUT2D eigenvalue weighted by atomic mass is 79.9. The Morgan fingerprint density at radius 3 is 1.56 bits per heavy atom. The van der Waals surface area contributed by atoms with Gasteiger partial charge in [0, 0.05) is 26.0 Å². The molecule has 2 amide bonds. The predicted molar refractivity (Wildman–Crippen MR) is 203 cm³/mol. The number of rotatable bonds is 10. The summed E-state index contributed by atoms with van der Waals surface area (Å²) in [5, 5.41) is 22.9. The van der Waals surface area contributed by atoms with Crippen molar-refractivity contribution in [2.45, 2.75) is 46.3 Å². The van der Waals surface area contributed by atoms with Gasteiger partial charge in [0.15, 0.2) is 11.9 Å². The summed E-state index contributed by atoms with van der Waals surface area (Å²) < 4.78 is 27.4. The average Bonchev–Trinajstić information content (AvgIpc) is 3.08. The summed E-state index contributed by atoms with van der Waals surface area (Å²) in [4.78, 5) is 53.4. The van der Waals surface area contributed by atoms with Gasteiger partial charge in [-0.3, -0.25) is 29.8 Å². The summed E-state index contributed by atoms with van der Waals surface area (Å²) in [5.41, 5.74) is 20.8. The molecule has 0 spiro atoms. The molecule has 0 unspecified atom stereocenters. The highest BCUT2D eigenvalue weighted by Gasteiger charge is 2.31. The first-order valence-electron chi connectivity index (χ1n) is 14.7. The van der Waals surface area contributed by atoms with E-state index in [2.05, 4.69) is 41.8 Å². The molecule has 0 saturated carbocycles. The van der Waals surface area contributed by atoms with E-state index in [1.165, 1.54) is 42.1 Å². The second-order valence-electron chi connectivity index (χ2n) is 10.4. The second kappa shape index (κ2) is 17.8. The largest absolute Gasteiger partial charge is 0.370 e. The Morgan fingerprint density at radius 1 is 0.712 bits per heavy atom. The summed E-state index contributed by atoms with van der Waals surface area (Å²) in [6.07, 6.45) is 0.745. The molecule has 0 aliphatic rings. The van der Waals surface area contributed by atoms with Gasteiger partial charge in [0.25, 0.3) is 23.2 Å². The van der Waals surface area contributed by atoms with Crippen molar-refractivity contribution in [1.82, 2.24) is 0 Å². The number of nitro groups is 2. The fraction of sp³-hybridized carbons (Fsp3) is 0.125. The minimum Gasteiger partial charge on any atom is -0.370 e. The molecule has 0 saturated heterocycles. The molecule has 20 heteroatoms. The zero-order valence-corrected chi connectivity index (χ0v) is 32.1. The SMILES string of the molecule is CCc1cc(S(=O)(=O)c2ccc(Br)cc2)c([N+](=O)[O-])cc1C(=O)N=C(N)N.CCc1cc(Sc2ccc(Br)cc2)c([N+](=O)[O-])cc1C(=O)N=C(N)N. The van der Waals surface area contributed by atoms with E-state index in [-0.39, 0.29) is 39.7 Å². The number of hydrogen-bond acceptors (Lipinski definition) is 9. The Labute approximate surface area is 318 Å². The van der Waals surface area contributed by atoms with E-state index >= 15 is 0 Å². The van der Waals surface area contributed by atoms with Crippen molar-refractivity contribution in [3.63, 3.8) is 0 Å². The Hall–Kier alpha value is -5.18. The molecule has 0 radical (unpaired) electrons. The van der Waals surface area contributed by atoms with Crippen LogP contribution in [0.3, 0.4) is 0 Å². The molecule has 0 fully saturated rings. The van der Waals surface area contributed by atoms with Gasteiger partial charge in [-0.25, -0.2) is 8.42 Å². The fourth-order valence-corrected chi connectivity index (χ4v) is 7.46. The molecular formula is C32H30Br2N8O8S2. The van der Waals surface area contributed by atoms with Gasteiger partial charge in [-0.2, -0.15) is 9.98 Å². The number of halogens is 2. The van der Waals surface area contributed by atoms with Crippen LogP contribution in [0.1, 0.15) is 45.7 Å². The van der Waals surface area contributed by atoms with E-state index in [0.29, 0.717) is 21.4 Å². The second-order valence-corrected chi connectivity index (χ2v) is 15.2. The molecule has 0 aromatic heterocycles. The molecule has 0 aliphatic carbocycles. The molecule has 16 nitrogen and oxygen atoms in total. The summed E-state index contributed by atoms with van der Waals surface area (Å²) in [6, 6.07) is 18.0. The number of amides is 2. The summed E-state index contributed by atoms with van der Waals surface area (Å²) in [5.74, 6) is -2.47. The van der Waals surface area contributed by atoms with E-state index in [1.54, 1.807) is 13.0 Å². The molecule has 272 valence electrons. The van der Waals surface area contributed by atoms with Crippen LogP contribution in [0.15, 0.2) is 111 Å². The smallest absolute Gasteiger partial charge is 0.289 e. The third-order valence-corrected chi connectivity index (χ3v) is 10.8. The van der Waals surface area contributed by atoms with Gasteiger partial charge in [0.1, 0.15) is 4.90 Å². The van der Waals surface area contributed by atoms with Gasteiger partial charge in [-0.05, 0) is 84.6 Å². The first kappa shape index (κ1) is 41.2. The maximum atomic E-state index is 12.9. The highest BCUT2D eigenvalue weighted by Crippen LogP contribution is 2.38. The minimum absolute atomic E-state index is 0.112. The first-order valence-corrected chi connectivity index (χ1v) is 18.6. The van der Waals surface area contributed by atoms with Crippen molar-refractivity contribution in [3.05, 3.63) is 124 Å². The maximum absolute atomic E-state index is 12.9. The minimum atomic E-state index is -4.19. The Morgan fingerprint density at radius 2 is 1.13 bits per heavy atom. The number of nitrogens with two attached hydrogens (primary N) is 4. The molecule has 0 bridgehead atoms. The van der Waals surface area contributed by atoms with Crippen LogP contribution in [0.5, 0.6) is 0 Å². The van der Waals surface area contributed by atoms with Crippen LogP contribution in [0.2, 0.25) is 0 Å². The Balaban J connectivity index is 0.000000281. The number of benzene rings is 4. The zero-order chi connectivity index (χ0) is 38.9. The number of carbonyl (C=O) groups is 2. The summed E-state index contributed by atoms with van der Waals surface area (Å²) in [7, 11) is -4.19. The first-order chi connectivity index (χ1) is 24.4. The van der Waals surface area contributed by atoms with Gasteiger partial charge >= 0.3 is 0 Å². The normalized spacial score (nSPS) is 10.7. The van der Waals surface area contributed by atoms with E-state index < -0.39 is 48.0 Å². The van der Waals surface area contributed by atoms with E-state index in [0.717, 1.165) is 21.5 Å². The van der Waals surface area contributed by atoms with Gasteiger partial charge in [-0.15, -0.1) is 0 Å². The van der Waals surface area contributed by atoms with E-state index in [9.17, 15) is 38.2 Å². The summed E-state index contributed by atoms with van der Waals surface area (Å²) in [6.45, 7) is 3.52. The van der Waals surface area contributed by atoms with Gasteiger partial charge in [0.05, 0.1) is 30.8 Å². The molecular weight excluding hydrogens is 848 g/mol. The number of hydrogen-bond donors (Lipinski definition) is 4. The van der Waals surface area contributed by atoms with Crippen LogP contribution < -0.4 is 22.9 Å². The molecule has 4 aromatic rings. The van der Waals surface area contributed by atoms with Crippen LogP contribution in [0.25, 0.3) is 0 Å². The van der Waals surface area contributed by atoms with Gasteiger partial charge < -0.3 is 22.9 Å². The van der Waals surface area contributed by atoms with Crippen LogP contribution in [0.4, 0.5) is 11.4 Å².